The van der Waals surface area contributed by atoms with Crippen LogP contribution in [0.25, 0.3) is 39.0 Å². The van der Waals surface area contributed by atoms with Crippen LogP contribution in [0.2, 0.25) is 0 Å². The van der Waals surface area contributed by atoms with Crippen LogP contribution in [0.4, 0.5) is 28.5 Å². The highest BCUT2D eigenvalue weighted by atomic mass is 32.1. The van der Waals surface area contributed by atoms with E-state index in [1.54, 1.807) is 12.1 Å². The summed E-state index contributed by atoms with van der Waals surface area (Å²) in [6.45, 7) is 0. The fourth-order valence-electron chi connectivity index (χ4n) is 2.98. The molecule has 5 heterocycles. The molecule has 5 aromatic heterocycles. The summed E-state index contributed by atoms with van der Waals surface area (Å²) >= 11 is 1.18. The van der Waals surface area contributed by atoms with Gasteiger partial charge in [-0.05, 0) is 12.1 Å². The summed E-state index contributed by atoms with van der Waals surface area (Å²) < 4.78 is 1.47. The number of nitrogens with two attached hydrogens (primary N) is 5. The first-order chi connectivity index (χ1) is 15.9. The lowest BCUT2D eigenvalue weighted by molar-refractivity contribution is 0.859. The van der Waals surface area contributed by atoms with Crippen LogP contribution in [0.3, 0.4) is 0 Å². The van der Waals surface area contributed by atoms with Crippen molar-refractivity contribution in [3.8, 4) is 39.0 Å². The van der Waals surface area contributed by atoms with E-state index in [1.165, 1.54) is 34.6 Å². The third-order valence-electron chi connectivity index (χ3n) is 4.47. The van der Waals surface area contributed by atoms with E-state index in [9.17, 15) is 0 Å². The molecular weight excluding hydrogens is 444 g/mol. The summed E-state index contributed by atoms with van der Waals surface area (Å²) in [6, 6.07) is 6.34. The van der Waals surface area contributed by atoms with Gasteiger partial charge in [0.05, 0.1) is 22.9 Å². The van der Waals surface area contributed by atoms with Gasteiger partial charge in [-0.1, -0.05) is 11.3 Å². The Kier molecular flexibility index (Phi) is 4.64. The summed E-state index contributed by atoms with van der Waals surface area (Å²) in [7, 11) is 0. The SMILES string of the molecule is Nc1[c]c(-c2cnc(N)nc2)n(-c2ccc(-c3ncc(-c4nnc(N)s4)c(N)n3)c(N)n2)n1. The molecule has 33 heavy (non-hydrogen) atoms. The largest absolute Gasteiger partial charge is 0.383 e. The average molecular weight is 459 g/mol. The van der Waals surface area contributed by atoms with Gasteiger partial charge in [-0.2, -0.15) is 0 Å². The second-order valence-electron chi connectivity index (χ2n) is 6.64. The standard InChI is InChI=1S/C18H15N14S/c19-11-3-10(7-4-25-17(22)26-5-7)32(31-11)12-2-1-8(13(20)27-12)15-24-6-9(14(21)28-15)16-29-30-18(23)33-16/h1-2,4-6H,(H2,19,31)(H2,20,27)(H2,23,30)(H2,21,24,28)(H2,22,25,26). The van der Waals surface area contributed by atoms with E-state index >= 15 is 0 Å². The molecule has 0 aliphatic rings. The Morgan fingerprint density at radius 3 is 2.24 bits per heavy atom. The maximum Gasteiger partial charge on any atom is 0.219 e. The van der Waals surface area contributed by atoms with Gasteiger partial charge in [0.15, 0.2) is 22.5 Å². The number of anilines is 5. The van der Waals surface area contributed by atoms with Crippen molar-refractivity contribution in [2.75, 3.05) is 28.7 Å². The lowest BCUT2D eigenvalue weighted by Crippen LogP contribution is -2.07. The van der Waals surface area contributed by atoms with Crippen molar-refractivity contribution in [2.45, 2.75) is 0 Å². The zero-order valence-electron chi connectivity index (χ0n) is 16.7. The van der Waals surface area contributed by atoms with Gasteiger partial charge in [0, 0.05) is 24.2 Å². The smallest absolute Gasteiger partial charge is 0.219 e. The van der Waals surface area contributed by atoms with Gasteiger partial charge in [-0.3, -0.25) is 0 Å². The van der Waals surface area contributed by atoms with E-state index < -0.39 is 0 Å². The Morgan fingerprint density at radius 2 is 1.58 bits per heavy atom. The number of pyridine rings is 1. The summed E-state index contributed by atoms with van der Waals surface area (Å²) in [5.41, 5.74) is 31.5. The van der Waals surface area contributed by atoms with Crippen LogP contribution in [0.1, 0.15) is 0 Å². The highest BCUT2D eigenvalue weighted by molar-refractivity contribution is 7.18. The van der Waals surface area contributed by atoms with E-state index in [1.807, 2.05) is 0 Å². The first kappa shape index (κ1) is 20.0. The highest BCUT2D eigenvalue weighted by Gasteiger charge is 2.17. The first-order valence-corrected chi connectivity index (χ1v) is 10.1. The molecule has 0 atom stereocenters. The maximum absolute atomic E-state index is 6.22. The summed E-state index contributed by atoms with van der Waals surface area (Å²) in [5, 5.41) is 12.8. The molecule has 0 aromatic carbocycles. The van der Waals surface area contributed by atoms with Crippen molar-refractivity contribution >= 4 is 39.9 Å². The van der Waals surface area contributed by atoms with Gasteiger partial charge in [0.2, 0.25) is 11.1 Å². The molecule has 0 amide bonds. The Bertz CT molecular complexity index is 1470. The van der Waals surface area contributed by atoms with Crippen LogP contribution < -0.4 is 28.7 Å². The topological polar surface area (TPSA) is 238 Å². The van der Waals surface area contributed by atoms with Gasteiger partial charge in [-0.15, -0.1) is 15.3 Å². The van der Waals surface area contributed by atoms with E-state index in [0.29, 0.717) is 44.2 Å². The fourth-order valence-corrected chi connectivity index (χ4v) is 3.61. The normalized spacial score (nSPS) is 11.0. The Morgan fingerprint density at radius 1 is 0.818 bits per heavy atom. The van der Waals surface area contributed by atoms with Gasteiger partial charge < -0.3 is 28.7 Å². The van der Waals surface area contributed by atoms with Gasteiger partial charge in [0.1, 0.15) is 11.6 Å². The van der Waals surface area contributed by atoms with E-state index in [4.69, 9.17) is 28.7 Å². The Hall–Kier alpha value is -4.92. The molecule has 1 radical (unpaired) electrons. The summed E-state index contributed by atoms with van der Waals surface area (Å²) in [4.78, 5) is 21.1. The lowest BCUT2D eigenvalue weighted by Gasteiger charge is -2.10. The molecule has 0 saturated heterocycles. The van der Waals surface area contributed by atoms with Gasteiger partial charge in [-0.25, -0.2) is 29.6 Å². The molecule has 0 unspecified atom stereocenters. The van der Waals surface area contributed by atoms with E-state index in [0.717, 1.165) is 0 Å². The van der Waals surface area contributed by atoms with Crippen molar-refractivity contribution in [1.29, 1.82) is 0 Å². The Labute approximate surface area is 189 Å². The molecular formula is C18H15N14S. The second kappa shape index (κ2) is 7.65. The van der Waals surface area contributed by atoms with Crippen LogP contribution in [0.15, 0.2) is 30.7 Å². The van der Waals surface area contributed by atoms with Crippen molar-refractivity contribution in [2.24, 2.45) is 0 Å². The second-order valence-corrected chi connectivity index (χ2v) is 7.65. The zero-order chi connectivity index (χ0) is 23.1. The molecule has 0 saturated carbocycles. The first-order valence-electron chi connectivity index (χ1n) is 9.24. The van der Waals surface area contributed by atoms with Crippen molar-refractivity contribution in [3.05, 3.63) is 36.8 Å². The van der Waals surface area contributed by atoms with Crippen LogP contribution in [-0.2, 0) is 0 Å². The molecule has 0 fully saturated rings. The summed E-state index contributed by atoms with van der Waals surface area (Å²) in [5.74, 6) is 1.36. The van der Waals surface area contributed by atoms with Crippen LogP contribution in [-0.4, -0.2) is 44.9 Å². The number of aromatic nitrogens is 9. The van der Waals surface area contributed by atoms with Crippen molar-refractivity contribution in [3.63, 3.8) is 0 Å². The lowest BCUT2D eigenvalue weighted by atomic mass is 10.2. The average Bonchev–Trinajstić information content (AvgIpc) is 3.39. The predicted molar refractivity (Wildman–Crippen MR) is 123 cm³/mol. The van der Waals surface area contributed by atoms with E-state index in [-0.39, 0.29) is 23.4 Å². The van der Waals surface area contributed by atoms with Crippen LogP contribution >= 0.6 is 11.3 Å². The minimum atomic E-state index is 0.143. The number of nitrogens with zero attached hydrogens (tertiary/aromatic N) is 9. The Balaban J connectivity index is 1.51. The van der Waals surface area contributed by atoms with Crippen LogP contribution in [0, 0.1) is 6.07 Å². The minimum absolute atomic E-state index is 0.143. The molecule has 14 nitrogen and oxygen atoms in total. The molecule has 10 N–H and O–H groups in total. The molecule has 0 aliphatic heterocycles. The molecule has 15 heteroatoms. The molecule has 5 rings (SSSR count). The monoisotopic (exact) mass is 459 g/mol. The molecule has 0 aliphatic carbocycles. The number of hydrogen-bond acceptors (Lipinski definition) is 14. The molecule has 5 aromatic rings. The van der Waals surface area contributed by atoms with Crippen LogP contribution in [0.5, 0.6) is 0 Å². The maximum atomic E-state index is 6.22. The van der Waals surface area contributed by atoms with Crippen molar-refractivity contribution in [1.82, 2.24) is 44.9 Å². The third-order valence-corrected chi connectivity index (χ3v) is 5.25. The predicted octanol–water partition coefficient (Wildman–Crippen LogP) is 0.411. The van der Waals surface area contributed by atoms with E-state index in [2.05, 4.69) is 46.3 Å². The number of hydrogen-bond donors (Lipinski definition) is 5. The van der Waals surface area contributed by atoms with Crippen molar-refractivity contribution < 1.29 is 0 Å². The third kappa shape index (κ3) is 3.68. The fraction of sp³-hybridized carbons (Fsp3) is 0. The van der Waals surface area contributed by atoms with Gasteiger partial charge >= 0.3 is 0 Å². The minimum Gasteiger partial charge on any atom is -0.383 e. The van der Waals surface area contributed by atoms with Gasteiger partial charge in [0.25, 0.3) is 0 Å². The molecule has 163 valence electrons. The molecule has 0 bridgehead atoms. The summed E-state index contributed by atoms with van der Waals surface area (Å²) in [6.07, 6.45) is 4.61. The quantitative estimate of drug-likeness (QED) is 0.245. The highest BCUT2D eigenvalue weighted by Crippen LogP contribution is 2.31. The zero-order valence-corrected chi connectivity index (χ0v) is 17.5. The number of rotatable bonds is 4. The molecule has 0 spiro atoms. The number of nitrogen functional groups attached to an aromatic ring is 5.